The molecule has 0 radical (unpaired) electrons. The van der Waals surface area contributed by atoms with Crippen molar-refractivity contribution in [3.05, 3.63) is 23.3 Å². The van der Waals surface area contributed by atoms with Gasteiger partial charge in [0.25, 0.3) is 0 Å². The van der Waals surface area contributed by atoms with Gasteiger partial charge in [0.15, 0.2) is 0 Å². The van der Waals surface area contributed by atoms with Crippen LogP contribution in [0.1, 0.15) is 24.2 Å². The summed E-state index contributed by atoms with van der Waals surface area (Å²) in [7, 11) is 4.78. The van der Waals surface area contributed by atoms with Gasteiger partial charge in [0.05, 0.1) is 26.9 Å². The van der Waals surface area contributed by atoms with E-state index in [1.165, 1.54) is 0 Å². The van der Waals surface area contributed by atoms with E-state index < -0.39 is 6.10 Å². The van der Waals surface area contributed by atoms with Crippen molar-refractivity contribution in [2.45, 2.75) is 19.6 Å². The molecule has 0 saturated carbocycles. The van der Waals surface area contributed by atoms with E-state index in [0.29, 0.717) is 23.7 Å². The maximum atomic E-state index is 9.61. The van der Waals surface area contributed by atoms with E-state index in [2.05, 4.69) is 0 Å². The van der Waals surface area contributed by atoms with E-state index in [9.17, 15) is 5.11 Å². The van der Waals surface area contributed by atoms with Gasteiger partial charge in [0, 0.05) is 18.2 Å². The molecule has 1 N–H and O–H groups in total. The fourth-order valence-electron chi connectivity index (χ4n) is 1.58. The average molecular weight is 226 g/mol. The normalized spacial score (nSPS) is 12.3. The number of methoxy groups -OCH3 is 3. The first-order valence-corrected chi connectivity index (χ1v) is 5.05. The van der Waals surface area contributed by atoms with Gasteiger partial charge in [-0.05, 0) is 19.1 Å². The molecular formula is C12H18O4. The standard InChI is InChI=1S/C12H18O4/c1-8(13)10-6-11(15-3)9(7-14-2)5-12(10)16-4/h5-6,8,13H,7H2,1-4H3. The van der Waals surface area contributed by atoms with Gasteiger partial charge >= 0.3 is 0 Å². The van der Waals surface area contributed by atoms with Gasteiger partial charge in [-0.3, -0.25) is 0 Å². The van der Waals surface area contributed by atoms with Crippen LogP contribution in [-0.4, -0.2) is 26.4 Å². The van der Waals surface area contributed by atoms with Crippen molar-refractivity contribution < 1.29 is 19.3 Å². The molecule has 1 aromatic rings. The maximum absolute atomic E-state index is 9.61. The Bertz CT molecular complexity index is 347. The van der Waals surface area contributed by atoms with Crippen LogP contribution in [0.3, 0.4) is 0 Å². The molecule has 0 saturated heterocycles. The molecule has 4 nitrogen and oxygen atoms in total. The molecule has 90 valence electrons. The molecule has 0 bridgehead atoms. The molecule has 4 heteroatoms. The highest BCUT2D eigenvalue weighted by Gasteiger charge is 2.14. The molecule has 0 amide bonds. The summed E-state index contributed by atoms with van der Waals surface area (Å²) in [4.78, 5) is 0. The molecule has 0 aliphatic carbocycles. The molecule has 1 unspecified atom stereocenters. The lowest BCUT2D eigenvalue weighted by atomic mass is 10.1. The molecule has 0 spiro atoms. The molecule has 1 atom stereocenters. The van der Waals surface area contributed by atoms with Crippen LogP contribution in [0, 0.1) is 0 Å². The molecule has 16 heavy (non-hydrogen) atoms. The van der Waals surface area contributed by atoms with Gasteiger partial charge in [-0.25, -0.2) is 0 Å². The molecule has 0 heterocycles. The smallest absolute Gasteiger partial charge is 0.125 e. The first-order chi connectivity index (χ1) is 7.63. The second-order valence-electron chi connectivity index (χ2n) is 3.51. The molecule has 0 aliphatic heterocycles. The van der Waals surface area contributed by atoms with Crippen molar-refractivity contribution in [3.8, 4) is 11.5 Å². The summed E-state index contributed by atoms with van der Waals surface area (Å²) in [6.07, 6.45) is -0.597. The highest BCUT2D eigenvalue weighted by molar-refractivity contribution is 5.47. The minimum atomic E-state index is -0.597. The number of benzene rings is 1. The van der Waals surface area contributed by atoms with Crippen LogP contribution >= 0.6 is 0 Å². The Balaban J connectivity index is 3.22. The lowest BCUT2D eigenvalue weighted by Crippen LogP contribution is -2.01. The molecule has 1 aromatic carbocycles. The Labute approximate surface area is 95.8 Å². The van der Waals surface area contributed by atoms with Crippen LogP contribution in [0.4, 0.5) is 0 Å². The van der Waals surface area contributed by atoms with Crippen molar-refractivity contribution in [2.75, 3.05) is 21.3 Å². The summed E-state index contributed by atoms with van der Waals surface area (Å²) in [6.45, 7) is 2.13. The molecule has 0 aromatic heterocycles. The van der Waals surface area contributed by atoms with Crippen molar-refractivity contribution >= 4 is 0 Å². The van der Waals surface area contributed by atoms with E-state index in [1.807, 2.05) is 6.07 Å². The zero-order chi connectivity index (χ0) is 12.1. The number of hydrogen-bond donors (Lipinski definition) is 1. The first-order valence-electron chi connectivity index (χ1n) is 5.05. The second kappa shape index (κ2) is 5.72. The monoisotopic (exact) mass is 226 g/mol. The van der Waals surface area contributed by atoms with Crippen LogP contribution < -0.4 is 9.47 Å². The lowest BCUT2D eigenvalue weighted by molar-refractivity contribution is 0.179. The summed E-state index contributed by atoms with van der Waals surface area (Å²) in [5.74, 6) is 1.33. The highest BCUT2D eigenvalue weighted by atomic mass is 16.5. The summed E-state index contributed by atoms with van der Waals surface area (Å²) in [5.41, 5.74) is 1.60. The average Bonchev–Trinajstić information content (AvgIpc) is 2.28. The largest absolute Gasteiger partial charge is 0.496 e. The van der Waals surface area contributed by atoms with Crippen LogP contribution in [0.5, 0.6) is 11.5 Å². The fraction of sp³-hybridized carbons (Fsp3) is 0.500. The van der Waals surface area contributed by atoms with Gasteiger partial charge < -0.3 is 19.3 Å². The predicted octanol–water partition coefficient (Wildman–Crippen LogP) is 1.90. The number of hydrogen-bond acceptors (Lipinski definition) is 4. The van der Waals surface area contributed by atoms with Gasteiger partial charge in [0.2, 0.25) is 0 Å². The maximum Gasteiger partial charge on any atom is 0.125 e. The lowest BCUT2D eigenvalue weighted by Gasteiger charge is -2.16. The zero-order valence-electron chi connectivity index (χ0n) is 10.1. The fourth-order valence-corrected chi connectivity index (χ4v) is 1.58. The third kappa shape index (κ3) is 2.65. The third-order valence-corrected chi connectivity index (χ3v) is 2.38. The zero-order valence-corrected chi connectivity index (χ0v) is 10.1. The quantitative estimate of drug-likeness (QED) is 0.833. The van der Waals surface area contributed by atoms with Crippen LogP contribution in [-0.2, 0) is 11.3 Å². The van der Waals surface area contributed by atoms with Crippen LogP contribution in [0.2, 0.25) is 0 Å². The van der Waals surface area contributed by atoms with Crippen molar-refractivity contribution in [3.63, 3.8) is 0 Å². The Hall–Kier alpha value is -1.26. The third-order valence-electron chi connectivity index (χ3n) is 2.38. The summed E-state index contributed by atoms with van der Waals surface area (Å²) < 4.78 is 15.5. The van der Waals surface area contributed by atoms with Crippen LogP contribution in [0.25, 0.3) is 0 Å². The summed E-state index contributed by atoms with van der Waals surface area (Å²) in [6, 6.07) is 3.60. The topological polar surface area (TPSA) is 47.9 Å². The Morgan fingerprint density at radius 3 is 2.19 bits per heavy atom. The molecule has 1 rings (SSSR count). The number of aliphatic hydroxyl groups excluding tert-OH is 1. The molecular weight excluding hydrogens is 208 g/mol. The minimum Gasteiger partial charge on any atom is -0.496 e. The van der Waals surface area contributed by atoms with Crippen molar-refractivity contribution in [1.29, 1.82) is 0 Å². The number of rotatable bonds is 5. The van der Waals surface area contributed by atoms with E-state index in [4.69, 9.17) is 14.2 Å². The van der Waals surface area contributed by atoms with Gasteiger partial charge in [-0.2, -0.15) is 0 Å². The predicted molar refractivity (Wildman–Crippen MR) is 60.9 cm³/mol. The number of ether oxygens (including phenoxy) is 3. The van der Waals surface area contributed by atoms with Crippen LogP contribution in [0.15, 0.2) is 12.1 Å². The van der Waals surface area contributed by atoms with Gasteiger partial charge in [-0.1, -0.05) is 0 Å². The Morgan fingerprint density at radius 1 is 1.12 bits per heavy atom. The number of aliphatic hydroxyl groups is 1. The SMILES string of the molecule is COCc1cc(OC)c(C(C)O)cc1OC. The van der Waals surface area contributed by atoms with Crippen molar-refractivity contribution in [1.82, 2.24) is 0 Å². The van der Waals surface area contributed by atoms with Gasteiger partial charge in [0.1, 0.15) is 11.5 Å². The Morgan fingerprint density at radius 2 is 1.75 bits per heavy atom. The summed E-state index contributed by atoms with van der Waals surface area (Å²) in [5, 5.41) is 9.61. The first kappa shape index (κ1) is 12.8. The van der Waals surface area contributed by atoms with E-state index in [0.717, 1.165) is 5.56 Å². The van der Waals surface area contributed by atoms with Gasteiger partial charge in [-0.15, -0.1) is 0 Å². The van der Waals surface area contributed by atoms with Crippen molar-refractivity contribution in [2.24, 2.45) is 0 Å². The van der Waals surface area contributed by atoms with E-state index in [1.54, 1.807) is 34.3 Å². The van der Waals surface area contributed by atoms with E-state index >= 15 is 0 Å². The molecule has 0 fully saturated rings. The minimum absolute atomic E-state index is 0.444. The summed E-state index contributed by atoms with van der Waals surface area (Å²) >= 11 is 0. The second-order valence-corrected chi connectivity index (χ2v) is 3.51. The highest BCUT2D eigenvalue weighted by Crippen LogP contribution is 2.32. The Kier molecular flexibility index (Phi) is 4.58. The molecule has 0 aliphatic rings. The van der Waals surface area contributed by atoms with E-state index in [-0.39, 0.29) is 0 Å².